The number of methoxy groups -OCH3 is 1. The molecule has 0 bridgehead atoms. The van der Waals surface area contributed by atoms with Crippen LogP contribution < -0.4 is 15.8 Å². The lowest BCUT2D eigenvalue weighted by atomic mass is 10.1. The minimum atomic E-state index is -0.327. The summed E-state index contributed by atoms with van der Waals surface area (Å²) in [5, 5.41) is 11.5. The monoisotopic (exact) mass is 364 g/mol. The van der Waals surface area contributed by atoms with Crippen molar-refractivity contribution in [2.45, 2.75) is 13.8 Å². The number of amides is 1. The quantitative estimate of drug-likeness (QED) is 0.408. The number of hydrogen-bond acceptors (Lipinski definition) is 5. The molecule has 0 saturated carbocycles. The number of carbonyl (C=O) groups is 1. The van der Waals surface area contributed by atoms with Crippen LogP contribution in [0, 0.1) is 0 Å². The second-order valence-corrected chi connectivity index (χ2v) is 5.97. The number of hydrogen-bond donors (Lipinski definition) is 2. The molecule has 0 aliphatic carbocycles. The average molecular weight is 364 g/mol. The number of fused-ring (bicyclic) bond motifs is 1. The zero-order chi connectivity index (χ0) is 19.4. The highest BCUT2D eigenvalue weighted by atomic mass is 16.5. The molecule has 3 aromatic rings. The van der Waals surface area contributed by atoms with Crippen molar-refractivity contribution in [3.8, 4) is 5.75 Å². The molecule has 0 atom stereocenters. The zero-order valence-electron chi connectivity index (χ0n) is 15.3. The lowest BCUT2D eigenvalue weighted by molar-refractivity contribution is 0.0998. The molecule has 7 heteroatoms. The van der Waals surface area contributed by atoms with Gasteiger partial charge < -0.3 is 20.2 Å². The maximum atomic E-state index is 12.4. The Labute approximate surface area is 156 Å². The maximum absolute atomic E-state index is 12.4. The summed E-state index contributed by atoms with van der Waals surface area (Å²) in [6.07, 6.45) is 0. The molecule has 1 amide bonds. The number of rotatable bonds is 5. The van der Waals surface area contributed by atoms with Gasteiger partial charge in [0.1, 0.15) is 17.2 Å². The van der Waals surface area contributed by atoms with Gasteiger partial charge in [0.15, 0.2) is 5.76 Å². The van der Waals surface area contributed by atoms with E-state index < -0.39 is 0 Å². The predicted molar refractivity (Wildman–Crippen MR) is 107 cm³/mol. The molecule has 138 valence electrons. The van der Waals surface area contributed by atoms with Crippen LogP contribution in [0.25, 0.3) is 11.0 Å². The van der Waals surface area contributed by atoms with Crippen LogP contribution in [0.4, 0.5) is 5.69 Å². The minimum absolute atomic E-state index is 0.229. The zero-order valence-corrected chi connectivity index (χ0v) is 15.3. The van der Waals surface area contributed by atoms with Gasteiger partial charge in [-0.05, 0) is 55.8 Å². The molecule has 7 nitrogen and oxygen atoms in total. The average Bonchev–Trinajstić information content (AvgIpc) is 3.10. The van der Waals surface area contributed by atoms with Crippen molar-refractivity contribution in [1.82, 2.24) is 0 Å². The Hall–Kier alpha value is -3.61. The summed E-state index contributed by atoms with van der Waals surface area (Å²) in [7, 11) is 1.59. The summed E-state index contributed by atoms with van der Waals surface area (Å²) in [6, 6.07) is 14.3. The fraction of sp³-hybridized carbons (Fsp3) is 0.150. The van der Waals surface area contributed by atoms with E-state index in [-0.39, 0.29) is 11.7 Å². The molecule has 1 aromatic heterocycles. The number of nitrogens with two attached hydrogens (primary N) is 1. The van der Waals surface area contributed by atoms with Gasteiger partial charge in [0.25, 0.3) is 5.91 Å². The normalized spacial score (nSPS) is 12.3. The number of nitrogens with zero attached hydrogens (tertiary/aromatic N) is 2. The van der Waals surface area contributed by atoms with Crippen molar-refractivity contribution in [3.05, 3.63) is 59.9 Å². The molecule has 0 saturated heterocycles. The van der Waals surface area contributed by atoms with Gasteiger partial charge in [-0.3, -0.25) is 4.79 Å². The SMILES string of the molecule is COc1ccc2oc(C(=O)Nc3ccc(/C(C)=N/N=C(C)N)cc3)cc2c1. The Morgan fingerprint density at radius 3 is 2.48 bits per heavy atom. The van der Waals surface area contributed by atoms with Crippen LogP contribution >= 0.6 is 0 Å². The molecular formula is C20H20N4O3. The van der Waals surface area contributed by atoms with Gasteiger partial charge in [0.2, 0.25) is 0 Å². The molecule has 0 aliphatic heterocycles. The van der Waals surface area contributed by atoms with Gasteiger partial charge in [-0.2, -0.15) is 5.10 Å². The third-order valence-corrected chi connectivity index (χ3v) is 3.87. The Morgan fingerprint density at radius 1 is 1.07 bits per heavy atom. The summed E-state index contributed by atoms with van der Waals surface area (Å²) in [6.45, 7) is 3.51. The lowest BCUT2D eigenvalue weighted by Gasteiger charge is -2.04. The second kappa shape index (κ2) is 7.74. The number of furan rings is 1. The van der Waals surface area contributed by atoms with E-state index in [1.165, 1.54) is 0 Å². The minimum Gasteiger partial charge on any atom is -0.497 e. The van der Waals surface area contributed by atoms with Gasteiger partial charge in [0.05, 0.1) is 12.8 Å². The highest BCUT2D eigenvalue weighted by Gasteiger charge is 2.13. The van der Waals surface area contributed by atoms with Gasteiger partial charge in [-0.15, -0.1) is 5.10 Å². The van der Waals surface area contributed by atoms with Crippen LogP contribution in [0.1, 0.15) is 30.0 Å². The Morgan fingerprint density at radius 2 is 1.81 bits per heavy atom. The standard InChI is InChI=1S/C20H20N4O3/c1-12(23-24-13(2)21)14-4-6-16(7-5-14)22-20(25)19-11-15-10-17(26-3)8-9-18(15)27-19/h4-11H,1-3H3,(H2,21,24)(H,22,25)/b23-12+. The fourth-order valence-electron chi connectivity index (χ4n) is 2.46. The van der Waals surface area contributed by atoms with Gasteiger partial charge >= 0.3 is 0 Å². The first-order valence-corrected chi connectivity index (χ1v) is 8.30. The van der Waals surface area contributed by atoms with Gasteiger partial charge in [-0.1, -0.05) is 12.1 Å². The van der Waals surface area contributed by atoms with Crippen LogP contribution in [0.3, 0.4) is 0 Å². The number of nitrogens with one attached hydrogen (secondary N) is 1. The first-order chi connectivity index (χ1) is 13.0. The predicted octanol–water partition coefficient (Wildman–Crippen LogP) is 3.79. The molecule has 0 unspecified atom stereocenters. The first kappa shape index (κ1) is 18.2. The van der Waals surface area contributed by atoms with Crippen LogP contribution in [0.15, 0.2) is 63.2 Å². The molecule has 27 heavy (non-hydrogen) atoms. The summed E-state index contributed by atoms with van der Waals surface area (Å²) in [5.41, 5.74) is 8.36. The fourth-order valence-corrected chi connectivity index (χ4v) is 2.46. The third-order valence-electron chi connectivity index (χ3n) is 3.87. The van der Waals surface area contributed by atoms with E-state index >= 15 is 0 Å². The van der Waals surface area contributed by atoms with E-state index in [0.29, 0.717) is 22.9 Å². The number of anilines is 1. The van der Waals surface area contributed by atoms with Crippen LogP contribution in [-0.4, -0.2) is 24.6 Å². The molecule has 0 radical (unpaired) electrons. The van der Waals surface area contributed by atoms with E-state index in [0.717, 1.165) is 16.7 Å². The molecule has 3 N–H and O–H groups in total. The molecular weight excluding hydrogens is 344 g/mol. The summed E-state index contributed by atoms with van der Waals surface area (Å²) >= 11 is 0. The van der Waals surface area contributed by atoms with E-state index in [1.807, 2.05) is 25.1 Å². The summed E-state index contributed by atoms with van der Waals surface area (Å²) in [5.74, 6) is 0.998. The number of amidine groups is 1. The van der Waals surface area contributed by atoms with Crippen LogP contribution in [-0.2, 0) is 0 Å². The largest absolute Gasteiger partial charge is 0.497 e. The number of carbonyl (C=O) groups excluding carboxylic acids is 1. The first-order valence-electron chi connectivity index (χ1n) is 8.30. The summed E-state index contributed by atoms with van der Waals surface area (Å²) < 4.78 is 10.8. The smallest absolute Gasteiger partial charge is 0.291 e. The van der Waals surface area contributed by atoms with Crippen molar-refractivity contribution < 1.29 is 13.9 Å². The highest BCUT2D eigenvalue weighted by molar-refractivity contribution is 6.05. The Kier molecular flexibility index (Phi) is 5.21. The van der Waals surface area contributed by atoms with E-state index in [1.54, 1.807) is 44.4 Å². The van der Waals surface area contributed by atoms with Crippen molar-refractivity contribution in [2.75, 3.05) is 12.4 Å². The lowest BCUT2D eigenvalue weighted by Crippen LogP contribution is -2.10. The van der Waals surface area contributed by atoms with Crippen LogP contribution in [0.5, 0.6) is 5.75 Å². The molecule has 3 rings (SSSR count). The number of ether oxygens (including phenoxy) is 1. The molecule has 0 fully saturated rings. The Balaban J connectivity index is 1.74. The topological polar surface area (TPSA) is 102 Å². The van der Waals surface area contributed by atoms with Crippen molar-refractivity contribution in [3.63, 3.8) is 0 Å². The van der Waals surface area contributed by atoms with Gasteiger partial charge in [-0.25, -0.2) is 0 Å². The van der Waals surface area contributed by atoms with Crippen LogP contribution in [0.2, 0.25) is 0 Å². The van der Waals surface area contributed by atoms with Crippen molar-refractivity contribution in [2.24, 2.45) is 15.9 Å². The van der Waals surface area contributed by atoms with Gasteiger partial charge in [0, 0.05) is 11.1 Å². The maximum Gasteiger partial charge on any atom is 0.291 e. The molecule has 0 spiro atoms. The highest BCUT2D eigenvalue weighted by Crippen LogP contribution is 2.24. The van der Waals surface area contributed by atoms with Crippen molar-refractivity contribution >= 4 is 34.1 Å². The number of benzene rings is 2. The van der Waals surface area contributed by atoms with Crippen molar-refractivity contribution in [1.29, 1.82) is 0 Å². The van der Waals surface area contributed by atoms with E-state index in [2.05, 4.69) is 15.5 Å². The summed E-state index contributed by atoms with van der Waals surface area (Å²) in [4.78, 5) is 12.4. The van der Waals surface area contributed by atoms with E-state index in [4.69, 9.17) is 14.9 Å². The Bertz CT molecular complexity index is 1030. The second-order valence-electron chi connectivity index (χ2n) is 5.97. The third kappa shape index (κ3) is 4.33. The molecule has 1 heterocycles. The van der Waals surface area contributed by atoms with E-state index in [9.17, 15) is 4.79 Å². The molecule has 2 aromatic carbocycles. The molecule has 0 aliphatic rings.